The molecule has 3 nitrogen and oxygen atoms in total. The van der Waals surface area contributed by atoms with Crippen molar-refractivity contribution in [3.8, 4) is 0 Å². The Balaban J connectivity index is 2.21. The molecule has 1 fully saturated rings. The lowest BCUT2D eigenvalue weighted by atomic mass is 9.97. The molecule has 1 aromatic heterocycles. The van der Waals surface area contributed by atoms with Gasteiger partial charge in [-0.2, -0.15) is 0 Å². The quantitative estimate of drug-likeness (QED) is 0.691. The van der Waals surface area contributed by atoms with E-state index in [1.54, 1.807) is 12.4 Å². The van der Waals surface area contributed by atoms with Gasteiger partial charge in [0.15, 0.2) is 0 Å². The van der Waals surface area contributed by atoms with Gasteiger partial charge in [-0.05, 0) is 20.3 Å². The van der Waals surface area contributed by atoms with Crippen molar-refractivity contribution in [2.24, 2.45) is 0 Å². The van der Waals surface area contributed by atoms with Crippen LogP contribution in [0.5, 0.6) is 0 Å². The molecule has 4 heteroatoms. The van der Waals surface area contributed by atoms with Crippen molar-refractivity contribution in [3.63, 3.8) is 0 Å². The highest BCUT2D eigenvalue weighted by Crippen LogP contribution is 2.28. The monoisotopic (exact) mass is 197 g/mol. The summed E-state index contributed by atoms with van der Waals surface area (Å²) in [5.74, 6) is 0.788. The Morgan fingerprint density at radius 2 is 1.85 bits per heavy atom. The van der Waals surface area contributed by atoms with Gasteiger partial charge in [0.1, 0.15) is 0 Å². The minimum Gasteiger partial charge on any atom is -0.335 e. The summed E-state index contributed by atoms with van der Waals surface area (Å²) in [4.78, 5) is 10.6. The van der Waals surface area contributed by atoms with Crippen molar-refractivity contribution in [3.05, 3.63) is 17.4 Å². The van der Waals surface area contributed by atoms with E-state index >= 15 is 0 Å². The summed E-state index contributed by atoms with van der Waals surface area (Å²) < 4.78 is 0. The first kappa shape index (κ1) is 8.75. The summed E-state index contributed by atoms with van der Waals surface area (Å²) in [7, 11) is 0. The molecule has 0 aliphatic carbocycles. The Kier molecular flexibility index (Phi) is 2.12. The number of hydrogen-bond acceptors (Lipinski definition) is 3. The molecule has 13 heavy (non-hydrogen) atoms. The second kappa shape index (κ2) is 3.14. The lowest BCUT2D eigenvalue weighted by Gasteiger charge is -2.45. The van der Waals surface area contributed by atoms with Crippen molar-refractivity contribution in [1.29, 1.82) is 0 Å². The first-order valence-electron chi connectivity index (χ1n) is 4.44. The van der Waals surface area contributed by atoms with Crippen LogP contribution in [0, 0.1) is 0 Å². The molecule has 0 aromatic carbocycles. The zero-order valence-corrected chi connectivity index (χ0v) is 8.49. The van der Waals surface area contributed by atoms with Crippen LogP contribution in [-0.2, 0) is 0 Å². The van der Waals surface area contributed by atoms with Gasteiger partial charge in [-0.1, -0.05) is 11.6 Å². The average molecular weight is 198 g/mol. The smallest absolute Gasteiger partial charge is 0.225 e. The van der Waals surface area contributed by atoms with E-state index in [0.717, 1.165) is 5.95 Å². The molecule has 0 bridgehead atoms. The third-order valence-electron chi connectivity index (χ3n) is 2.47. The molecule has 0 N–H and O–H groups in total. The summed E-state index contributed by atoms with van der Waals surface area (Å²) in [6, 6.07) is 1.10. The van der Waals surface area contributed by atoms with Gasteiger partial charge in [0.2, 0.25) is 5.95 Å². The number of anilines is 1. The predicted octanol–water partition coefficient (Wildman–Crippen LogP) is 2.12. The zero-order valence-electron chi connectivity index (χ0n) is 7.74. The second-order valence-electron chi connectivity index (χ2n) is 3.54. The van der Waals surface area contributed by atoms with Gasteiger partial charge in [-0.25, -0.2) is 9.97 Å². The van der Waals surface area contributed by atoms with Gasteiger partial charge in [-0.15, -0.1) is 0 Å². The molecule has 2 atom stereocenters. The Morgan fingerprint density at radius 3 is 2.31 bits per heavy atom. The number of halogens is 1. The number of aromatic nitrogens is 2. The van der Waals surface area contributed by atoms with Crippen molar-refractivity contribution < 1.29 is 0 Å². The minimum absolute atomic E-state index is 0.552. The molecule has 2 unspecified atom stereocenters. The fraction of sp³-hybridized carbons (Fsp3) is 0.556. The molecule has 0 spiro atoms. The van der Waals surface area contributed by atoms with E-state index in [-0.39, 0.29) is 0 Å². The predicted molar refractivity (Wildman–Crippen MR) is 53.1 cm³/mol. The maximum absolute atomic E-state index is 5.71. The van der Waals surface area contributed by atoms with Crippen LogP contribution in [0.3, 0.4) is 0 Å². The Labute approximate surface area is 82.8 Å². The van der Waals surface area contributed by atoms with E-state index in [1.165, 1.54) is 6.42 Å². The van der Waals surface area contributed by atoms with Crippen molar-refractivity contribution in [2.45, 2.75) is 32.4 Å². The first-order chi connectivity index (χ1) is 6.18. The van der Waals surface area contributed by atoms with Crippen LogP contribution in [0.25, 0.3) is 0 Å². The molecule has 70 valence electrons. The Morgan fingerprint density at radius 1 is 1.31 bits per heavy atom. The van der Waals surface area contributed by atoms with E-state index < -0.39 is 0 Å². The highest BCUT2D eigenvalue weighted by atomic mass is 35.5. The molecule has 1 aliphatic heterocycles. The van der Waals surface area contributed by atoms with Gasteiger partial charge in [0, 0.05) is 12.1 Å². The van der Waals surface area contributed by atoms with Crippen LogP contribution in [0.4, 0.5) is 5.95 Å². The third-order valence-corrected chi connectivity index (χ3v) is 2.66. The molecule has 0 radical (unpaired) electrons. The Hall–Kier alpha value is -0.830. The SMILES string of the molecule is CC1CC(C)N1c1ncc(Cl)cn1. The number of nitrogens with zero attached hydrogens (tertiary/aromatic N) is 3. The highest BCUT2D eigenvalue weighted by molar-refractivity contribution is 6.30. The van der Waals surface area contributed by atoms with Gasteiger partial charge >= 0.3 is 0 Å². The largest absolute Gasteiger partial charge is 0.335 e. The molecule has 1 aliphatic rings. The van der Waals surface area contributed by atoms with Gasteiger partial charge in [0.25, 0.3) is 0 Å². The first-order valence-corrected chi connectivity index (χ1v) is 4.82. The van der Waals surface area contributed by atoms with Crippen LogP contribution in [0.1, 0.15) is 20.3 Å². The van der Waals surface area contributed by atoms with Crippen LogP contribution in [0.15, 0.2) is 12.4 Å². The van der Waals surface area contributed by atoms with Crippen molar-refractivity contribution in [1.82, 2.24) is 9.97 Å². The lowest BCUT2D eigenvalue weighted by molar-refractivity contribution is 0.372. The third kappa shape index (κ3) is 1.48. The molecule has 2 rings (SSSR count). The van der Waals surface area contributed by atoms with E-state index in [2.05, 4.69) is 28.7 Å². The summed E-state index contributed by atoms with van der Waals surface area (Å²) >= 11 is 5.71. The summed E-state index contributed by atoms with van der Waals surface area (Å²) in [6.07, 6.45) is 4.50. The minimum atomic E-state index is 0.552. The Bertz CT molecular complexity index is 290. The van der Waals surface area contributed by atoms with Crippen LogP contribution in [-0.4, -0.2) is 22.1 Å². The zero-order chi connectivity index (χ0) is 9.42. The summed E-state index contributed by atoms with van der Waals surface area (Å²) in [5, 5.41) is 0.588. The molecular formula is C9H12ClN3. The van der Waals surface area contributed by atoms with Crippen LogP contribution < -0.4 is 4.90 Å². The second-order valence-corrected chi connectivity index (χ2v) is 3.98. The van der Waals surface area contributed by atoms with E-state index in [4.69, 9.17) is 11.6 Å². The van der Waals surface area contributed by atoms with Crippen LogP contribution >= 0.6 is 11.6 Å². The maximum atomic E-state index is 5.71. The standard InChI is InChI=1S/C9H12ClN3/c1-6-3-7(2)13(6)9-11-4-8(10)5-12-9/h4-7H,3H2,1-2H3. The lowest BCUT2D eigenvalue weighted by Crippen LogP contribution is -2.53. The summed E-state index contributed by atoms with van der Waals surface area (Å²) in [6.45, 7) is 4.36. The van der Waals surface area contributed by atoms with Crippen LogP contribution in [0.2, 0.25) is 5.02 Å². The summed E-state index contributed by atoms with van der Waals surface area (Å²) in [5.41, 5.74) is 0. The van der Waals surface area contributed by atoms with Crippen molar-refractivity contribution in [2.75, 3.05) is 4.90 Å². The molecular weight excluding hydrogens is 186 g/mol. The molecule has 0 saturated carbocycles. The fourth-order valence-corrected chi connectivity index (χ4v) is 1.95. The number of rotatable bonds is 1. The highest BCUT2D eigenvalue weighted by Gasteiger charge is 2.33. The van der Waals surface area contributed by atoms with E-state index in [1.807, 2.05) is 0 Å². The van der Waals surface area contributed by atoms with E-state index in [9.17, 15) is 0 Å². The normalized spacial score (nSPS) is 27.2. The van der Waals surface area contributed by atoms with Gasteiger partial charge in [-0.3, -0.25) is 0 Å². The molecule has 1 aromatic rings. The van der Waals surface area contributed by atoms with E-state index in [0.29, 0.717) is 17.1 Å². The van der Waals surface area contributed by atoms with Crippen molar-refractivity contribution >= 4 is 17.5 Å². The fourth-order valence-electron chi connectivity index (χ4n) is 1.85. The topological polar surface area (TPSA) is 29.0 Å². The average Bonchev–Trinajstić information content (AvgIpc) is 2.09. The molecule has 1 saturated heterocycles. The van der Waals surface area contributed by atoms with Gasteiger partial charge < -0.3 is 4.90 Å². The molecule has 0 amide bonds. The number of hydrogen-bond donors (Lipinski definition) is 0. The maximum Gasteiger partial charge on any atom is 0.225 e. The van der Waals surface area contributed by atoms with Gasteiger partial charge in [0.05, 0.1) is 17.4 Å². The molecule has 2 heterocycles.